The summed E-state index contributed by atoms with van der Waals surface area (Å²) in [7, 11) is 0. The standard InChI is InChI=1S/C28H21NO4/c30-20-14-15-22(25(31)16-20)28-23-17-21(33-28)12-7-13-24(23)29(27(28)32)26(18-8-3-1-4-9-18)19-10-5-2-6-11-19/h1-17,21,26,30-31H. The number of carbonyl (C=O) groups excluding carboxylic acids is 1. The SMILES string of the molecule is O=C1N(C(c2ccccc2)c2ccccc2)C2=CC=CC3C=C2C1(c1ccc(O)cc1O)O3. The van der Waals surface area contributed by atoms with E-state index in [2.05, 4.69) is 0 Å². The first-order valence-corrected chi connectivity index (χ1v) is 10.8. The zero-order valence-corrected chi connectivity index (χ0v) is 17.6. The second-order valence-corrected chi connectivity index (χ2v) is 8.38. The van der Waals surface area contributed by atoms with E-state index in [1.165, 1.54) is 12.1 Å². The molecule has 162 valence electrons. The fourth-order valence-electron chi connectivity index (χ4n) is 5.10. The highest BCUT2D eigenvalue weighted by atomic mass is 16.5. The molecule has 33 heavy (non-hydrogen) atoms. The molecule has 1 saturated heterocycles. The summed E-state index contributed by atoms with van der Waals surface area (Å²) >= 11 is 0. The molecule has 3 aromatic carbocycles. The number of ether oxygens (including phenoxy) is 1. The summed E-state index contributed by atoms with van der Waals surface area (Å²) in [6.45, 7) is 0. The van der Waals surface area contributed by atoms with Gasteiger partial charge in [0.2, 0.25) is 5.60 Å². The van der Waals surface area contributed by atoms with Gasteiger partial charge in [0.1, 0.15) is 11.5 Å². The van der Waals surface area contributed by atoms with Crippen molar-refractivity contribution in [3.05, 3.63) is 131 Å². The van der Waals surface area contributed by atoms with Crippen LogP contribution in [0.15, 0.2) is 114 Å². The Morgan fingerprint density at radius 2 is 1.58 bits per heavy atom. The summed E-state index contributed by atoms with van der Waals surface area (Å²) in [4.78, 5) is 16.2. The maximum absolute atomic E-state index is 14.4. The monoisotopic (exact) mass is 435 g/mol. The molecule has 2 N–H and O–H groups in total. The molecule has 2 unspecified atom stereocenters. The van der Waals surface area contributed by atoms with Crippen molar-refractivity contribution in [3.8, 4) is 11.5 Å². The van der Waals surface area contributed by atoms with Crippen LogP contribution in [0.25, 0.3) is 0 Å². The maximum atomic E-state index is 14.4. The number of amides is 1. The van der Waals surface area contributed by atoms with E-state index < -0.39 is 5.60 Å². The van der Waals surface area contributed by atoms with Crippen molar-refractivity contribution >= 4 is 5.91 Å². The molecular formula is C28H21NO4. The number of rotatable bonds is 4. The van der Waals surface area contributed by atoms with E-state index in [0.717, 1.165) is 16.8 Å². The van der Waals surface area contributed by atoms with Crippen LogP contribution < -0.4 is 0 Å². The largest absolute Gasteiger partial charge is 0.508 e. The Bertz CT molecular complexity index is 1300. The fourth-order valence-corrected chi connectivity index (χ4v) is 5.10. The van der Waals surface area contributed by atoms with Gasteiger partial charge in [-0.05, 0) is 35.4 Å². The van der Waals surface area contributed by atoms with Gasteiger partial charge in [-0.15, -0.1) is 0 Å². The van der Waals surface area contributed by atoms with E-state index in [-0.39, 0.29) is 29.6 Å². The lowest BCUT2D eigenvalue weighted by Crippen LogP contribution is -2.41. The first-order chi connectivity index (χ1) is 16.1. The van der Waals surface area contributed by atoms with E-state index in [9.17, 15) is 15.0 Å². The molecule has 0 radical (unpaired) electrons. The number of likely N-dealkylation sites (tertiary alicyclic amines) is 1. The summed E-state index contributed by atoms with van der Waals surface area (Å²) in [5.74, 6) is -0.536. The molecule has 0 saturated carbocycles. The second-order valence-electron chi connectivity index (χ2n) is 8.38. The molecule has 5 heteroatoms. The number of fused-ring (bicyclic) bond motifs is 1. The van der Waals surface area contributed by atoms with E-state index in [0.29, 0.717) is 11.1 Å². The number of phenolic OH excluding ortho intramolecular Hbond substituents is 2. The first kappa shape index (κ1) is 19.6. The van der Waals surface area contributed by atoms with Gasteiger partial charge in [-0.1, -0.05) is 72.8 Å². The smallest absolute Gasteiger partial charge is 0.269 e. The second kappa shape index (κ2) is 7.22. The summed E-state index contributed by atoms with van der Waals surface area (Å²) in [6.07, 6.45) is 7.28. The van der Waals surface area contributed by atoms with Gasteiger partial charge in [-0.3, -0.25) is 9.69 Å². The van der Waals surface area contributed by atoms with Crippen molar-refractivity contribution in [1.82, 2.24) is 4.90 Å². The summed E-state index contributed by atoms with van der Waals surface area (Å²) in [5, 5.41) is 20.6. The van der Waals surface area contributed by atoms with Crippen LogP contribution in [-0.2, 0) is 15.1 Å². The molecule has 3 aromatic rings. The van der Waals surface area contributed by atoms with E-state index in [4.69, 9.17) is 4.74 Å². The first-order valence-electron chi connectivity index (χ1n) is 10.8. The Hall–Kier alpha value is -4.09. The van der Waals surface area contributed by atoms with Crippen LogP contribution in [-0.4, -0.2) is 27.1 Å². The Labute approximate surface area is 191 Å². The molecule has 1 fully saturated rings. The Morgan fingerprint density at radius 1 is 0.909 bits per heavy atom. The Morgan fingerprint density at radius 3 is 2.21 bits per heavy atom. The van der Waals surface area contributed by atoms with Crippen LogP contribution in [0.3, 0.4) is 0 Å². The average Bonchev–Trinajstić information content (AvgIpc) is 3.21. The number of benzene rings is 3. The number of nitrogens with zero attached hydrogens (tertiary/aromatic N) is 1. The van der Waals surface area contributed by atoms with Crippen molar-refractivity contribution in [3.63, 3.8) is 0 Å². The number of phenols is 2. The van der Waals surface area contributed by atoms with Crippen LogP contribution in [0.5, 0.6) is 11.5 Å². The van der Waals surface area contributed by atoms with E-state index in [1.54, 1.807) is 11.0 Å². The zero-order chi connectivity index (χ0) is 22.6. The molecule has 2 atom stereocenters. The minimum Gasteiger partial charge on any atom is -0.508 e. The predicted octanol–water partition coefficient (Wildman–Crippen LogP) is 4.70. The van der Waals surface area contributed by atoms with Crippen molar-refractivity contribution < 1.29 is 19.7 Å². The number of hydrogen-bond donors (Lipinski definition) is 2. The summed E-state index contributed by atoms with van der Waals surface area (Å²) in [6, 6.07) is 23.7. The fraction of sp³-hybridized carbons (Fsp3) is 0.107. The Kier molecular flexibility index (Phi) is 4.28. The lowest BCUT2D eigenvalue weighted by Gasteiger charge is -2.32. The van der Waals surface area contributed by atoms with Gasteiger partial charge in [0, 0.05) is 17.2 Å². The topological polar surface area (TPSA) is 70.0 Å². The molecule has 0 aromatic heterocycles. The van der Waals surface area contributed by atoms with Crippen molar-refractivity contribution in [2.24, 2.45) is 0 Å². The van der Waals surface area contributed by atoms with Gasteiger partial charge in [0.05, 0.1) is 17.8 Å². The minimum absolute atomic E-state index is 0.0794. The van der Waals surface area contributed by atoms with Gasteiger partial charge < -0.3 is 14.9 Å². The van der Waals surface area contributed by atoms with Gasteiger partial charge in [-0.2, -0.15) is 0 Å². The highest BCUT2D eigenvalue weighted by Gasteiger charge is 2.62. The van der Waals surface area contributed by atoms with Crippen molar-refractivity contribution in [2.75, 3.05) is 0 Å². The predicted molar refractivity (Wildman–Crippen MR) is 123 cm³/mol. The van der Waals surface area contributed by atoms with E-state index >= 15 is 0 Å². The lowest BCUT2D eigenvalue weighted by molar-refractivity contribution is -0.148. The summed E-state index contributed by atoms with van der Waals surface area (Å²) < 4.78 is 6.36. The third-order valence-electron chi connectivity index (χ3n) is 6.48. The molecule has 1 amide bonds. The highest BCUT2D eigenvalue weighted by Crippen LogP contribution is 2.57. The molecule has 2 heterocycles. The van der Waals surface area contributed by atoms with Crippen molar-refractivity contribution in [1.29, 1.82) is 0 Å². The number of hydrogen-bond acceptors (Lipinski definition) is 4. The van der Waals surface area contributed by atoms with Crippen LogP contribution in [0.1, 0.15) is 22.7 Å². The zero-order valence-electron chi connectivity index (χ0n) is 17.6. The molecule has 6 rings (SSSR count). The number of carbonyl (C=O) groups is 1. The lowest BCUT2D eigenvalue weighted by atomic mass is 9.87. The maximum Gasteiger partial charge on any atom is 0.269 e. The normalized spacial score (nSPS) is 23.0. The van der Waals surface area contributed by atoms with Gasteiger partial charge >= 0.3 is 0 Å². The molecule has 2 aliphatic heterocycles. The van der Waals surface area contributed by atoms with E-state index in [1.807, 2.05) is 85.0 Å². The average molecular weight is 435 g/mol. The molecule has 0 spiro atoms. The Balaban J connectivity index is 1.59. The van der Waals surface area contributed by atoms with Crippen LogP contribution in [0, 0.1) is 0 Å². The van der Waals surface area contributed by atoms with Crippen molar-refractivity contribution in [2.45, 2.75) is 17.7 Å². The minimum atomic E-state index is -1.49. The number of allylic oxidation sites excluding steroid dienone is 2. The molecule has 5 nitrogen and oxygen atoms in total. The van der Waals surface area contributed by atoms with Gasteiger partial charge in [-0.25, -0.2) is 0 Å². The van der Waals surface area contributed by atoms with Gasteiger partial charge in [0.25, 0.3) is 5.91 Å². The number of aromatic hydroxyl groups is 2. The molecular weight excluding hydrogens is 414 g/mol. The third-order valence-corrected chi connectivity index (χ3v) is 6.48. The van der Waals surface area contributed by atoms with Gasteiger partial charge in [0.15, 0.2) is 0 Å². The van der Waals surface area contributed by atoms with Crippen LogP contribution in [0.4, 0.5) is 0 Å². The molecule has 1 aliphatic carbocycles. The van der Waals surface area contributed by atoms with Crippen LogP contribution >= 0.6 is 0 Å². The quantitative estimate of drug-likeness (QED) is 0.623. The highest BCUT2D eigenvalue weighted by molar-refractivity contribution is 6.00. The summed E-state index contributed by atoms with van der Waals surface area (Å²) in [5.41, 5.74) is 2.21. The molecule has 3 aliphatic rings. The third kappa shape index (κ3) is 2.79. The molecule has 2 bridgehead atoms. The van der Waals surface area contributed by atoms with Crippen LogP contribution in [0.2, 0.25) is 0 Å².